The van der Waals surface area contributed by atoms with Gasteiger partial charge < -0.3 is 4.90 Å². The summed E-state index contributed by atoms with van der Waals surface area (Å²) in [5.74, 6) is 0.678. The quantitative estimate of drug-likeness (QED) is 0.682. The van der Waals surface area contributed by atoms with Gasteiger partial charge in [-0.3, -0.25) is 4.79 Å². The van der Waals surface area contributed by atoms with Gasteiger partial charge in [-0.2, -0.15) is 5.10 Å². The molecule has 6 nitrogen and oxygen atoms in total. The van der Waals surface area contributed by atoms with Crippen LogP contribution in [-0.4, -0.2) is 38.2 Å². The number of piperidine rings is 1. The summed E-state index contributed by atoms with van der Waals surface area (Å²) >= 11 is 5.93. The first-order valence-corrected chi connectivity index (χ1v) is 9.68. The maximum Gasteiger partial charge on any atom is 0.350 e. The van der Waals surface area contributed by atoms with Crippen molar-refractivity contribution in [1.82, 2.24) is 19.2 Å². The van der Waals surface area contributed by atoms with E-state index in [1.807, 2.05) is 35.2 Å². The van der Waals surface area contributed by atoms with Crippen LogP contribution in [0, 0.1) is 0 Å². The number of nitrogens with zero attached hydrogens (tertiary/aromatic N) is 4. The Bertz CT molecular complexity index is 1040. The normalized spacial score (nSPS) is 16.9. The summed E-state index contributed by atoms with van der Waals surface area (Å²) < 4.78 is 3.02. The highest BCUT2D eigenvalue weighted by atomic mass is 35.5. The van der Waals surface area contributed by atoms with Crippen LogP contribution in [0.15, 0.2) is 59.4 Å². The van der Waals surface area contributed by atoms with Gasteiger partial charge in [0, 0.05) is 36.6 Å². The van der Waals surface area contributed by atoms with Crippen molar-refractivity contribution in [2.75, 3.05) is 13.1 Å². The fourth-order valence-corrected chi connectivity index (χ4v) is 3.84. The highest BCUT2D eigenvalue weighted by Gasteiger charge is 2.30. The van der Waals surface area contributed by atoms with Crippen LogP contribution in [0.2, 0.25) is 5.02 Å². The molecule has 2 heterocycles. The van der Waals surface area contributed by atoms with Gasteiger partial charge in [0.15, 0.2) is 0 Å². The van der Waals surface area contributed by atoms with Gasteiger partial charge >= 0.3 is 5.69 Å². The van der Waals surface area contributed by atoms with Crippen LogP contribution in [0.1, 0.15) is 34.9 Å². The molecule has 1 fully saturated rings. The van der Waals surface area contributed by atoms with E-state index < -0.39 is 0 Å². The van der Waals surface area contributed by atoms with E-state index in [-0.39, 0.29) is 17.5 Å². The second-order valence-electron chi connectivity index (χ2n) is 7.03. The lowest BCUT2D eigenvalue weighted by Crippen LogP contribution is -2.40. The van der Waals surface area contributed by atoms with Crippen LogP contribution in [-0.2, 0) is 7.05 Å². The van der Waals surface area contributed by atoms with E-state index >= 15 is 0 Å². The molecular formula is C21H21ClN4O2. The number of rotatable bonds is 3. The highest BCUT2D eigenvalue weighted by molar-refractivity contribution is 6.30. The van der Waals surface area contributed by atoms with Crippen LogP contribution >= 0.6 is 11.6 Å². The summed E-state index contributed by atoms with van der Waals surface area (Å²) in [6.07, 6.45) is 1.75. The molecule has 0 bridgehead atoms. The van der Waals surface area contributed by atoms with Gasteiger partial charge in [-0.15, -0.1) is 0 Å². The lowest BCUT2D eigenvalue weighted by Gasteiger charge is -2.32. The third-order valence-corrected chi connectivity index (χ3v) is 5.38. The Morgan fingerprint density at radius 2 is 1.82 bits per heavy atom. The second-order valence-corrected chi connectivity index (χ2v) is 7.47. The fourth-order valence-electron chi connectivity index (χ4n) is 3.72. The zero-order chi connectivity index (χ0) is 19.7. The van der Waals surface area contributed by atoms with Gasteiger partial charge in [-0.25, -0.2) is 14.0 Å². The molecule has 1 atom stereocenters. The molecule has 1 saturated heterocycles. The smallest absolute Gasteiger partial charge is 0.338 e. The molecule has 7 heteroatoms. The minimum absolute atomic E-state index is 0.000827. The number of aryl methyl sites for hydroxylation is 1. The van der Waals surface area contributed by atoms with Crippen LogP contribution < -0.4 is 5.69 Å². The van der Waals surface area contributed by atoms with E-state index in [9.17, 15) is 9.59 Å². The van der Waals surface area contributed by atoms with Gasteiger partial charge in [-0.05, 0) is 49.2 Å². The van der Waals surface area contributed by atoms with Crippen molar-refractivity contribution in [3.63, 3.8) is 0 Å². The number of carbonyl (C=O) groups is 1. The molecule has 1 unspecified atom stereocenters. The Balaban J connectivity index is 1.64. The SMILES string of the molecule is Cn1nc(C2CCCN(C(=O)c3ccc(Cl)cc3)C2)n(-c2ccccc2)c1=O. The Morgan fingerprint density at radius 1 is 1.11 bits per heavy atom. The van der Waals surface area contributed by atoms with Crippen molar-refractivity contribution in [3.8, 4) is 5.69 Å². The first-order chi connectivity index (χ1) is 13.5. The molecule has 2 aromatic carbocycles. The number of hydrogen-bond acceptors (Lipinski definition) is 3. The molecule has 4 rings (SSSR count). The number of amides is 1. The maximum absolute atomic E-state index is 12.9. The minimum Gasteiger partial charge on any atom is -0.338 e. The first-order valence-electron chi connectivity index (χ1n) is 9.31. The Morgan fingerprint density at radius 3 is 2.54 bits per heavy atom. The van der Waals surface area contributed by atoms with Gasteiger partial charge in [0.05, 0.1) is 5.69 Å². The van der Waals surface area contributed by atoms with Crippen molar-refractivity contribution < 1.29 is 4.79 Å². The highest BCUT2D eigenvalue weighted by Crippen LogP contribution is 2.27. The van der Waals surface area contributed by atoms with Crippen LogP contribution in [0.5, 0.6) is 0 Å². The van der Waals surface area contributed by atoms with E-state index in [0.29, 0.717) is 29.5 Å². The molecule has 0 aliphatic carbocycles. The van der Waals surface area contributed by atoms with Crippen molar-refractivity contribution in [2.45, 2.75) is 18.8 Å². The molecule has 0 N–H and O–H groups in total. The summed E-state index contributed by atoms with van der Waals surface area (Å²) in [6, 6.07) is 16.4. The van der Waals surface area contributed by atoms with Gasteiger partial charge in [0.1, 0.15) is 5.82 Å². The van der Waals surface area contributed by atoms with Crippen LogP contribution in [0.3, 0.4) is 0 Å². The molecule has 0 spiro atoms. The Hall–Kier alpha value is -2.86. The number of benzene rings is 2. The van der Waals surface area contributed by atoms with Gasteiger partial charge in [-0.1, -0.05) is 29.8 Å². The Kier molecular flexibility index (Phi) is 5.05. The fraction of sp³-hybridized carbons (Fsp3) is 0.286. The zero-order valence-electron chi connectivity index (χ0n) is 15.6. The van der Waals surface area contributed by atoms with Crippen molar-refractivity contribution in [1.29, 1.82) is 0 Å². The largest absolute Gasteiger partial charge is 0.350 e. The second kappa shape index (κ2) is 7.64. The van der Waals surface area contributed by atoms with Gasteiger partial charge in [0.2, 0.25) is 0 Å². The summed E-state index contributed by atoms with van der Waals surface area (Å²) in [4.78, 5) is 27.4. The topological polar surface area (TPSA) is 60.1 Å². The van der Waals surface area contributed by atoms with Crippen LogP contribution in [0.4, 0.5) is 0 Å². The lowest BCUT2D eigenvalue weighted by atomic mass is 9.96. The van der Waals surface area contributed by atoms with Crippen LogP contribution in [0.25, 0.3) is 5.69 Å². The standard InChI is InChI=1S/C21H21ClN4O2/c1-24-21(28)26(18-7-3-2-4-8-18)19(23-24)16-6-5-13-25(14-16)20(27)15-9-11-17(22)12-10-15/h2-4,7-12,16H,5-6,13-14H2,1H3. The number of aromatic nitrogens is 3. The molecule has 1 aromatic heterocycles. The summed E-state index contributed by atoms with van der Waals surface area (Å²) in [6.45, 7) is 1.23. The van der Waals surface area contributed by atoms with E-state index in [2.05, 4.69) is 5.10 Å². The summed E-state index contributed by atoms with van der Waals surface area (Å²) in [5.41, 5.74) is 1.23. The summed E-state index contributed by atoms with van der Waals surface area (Å²) in [7, 11) is 1.66. The predicted molar refractivity (Wildman–Crippen MR) is 108 cm³/mol. The summed E-state index contributed by atoms with van der Waals surface area (Å²) in [5, 5.41) is 5.11. The number of para-hydroxylation sites is 1. The minimum atomic E-state index is -0.178. The van der Waals surface area contributed by atoms with E-state index in [1.165, 1.54) is 4.68 Å². The zero-order valence-corrected chi connectivity index (χ0v) is 16.3. The first kappa shape index (κ1) is 18.5. The van der Waals surface area contributed by atoms with E-state index in [1.54, 1.807) is 35.9 Å². The van der Waals surface area contributed by atoms with E-state index in [0.717, 1.165) is 18.5 Å². The number of halogens is 1. The molecule has 144 valence electrons. The molecular weight excluding hydrogens is 376 g/mol. The molecule has 0 saturated carbocycles. The Labute approximate surface area is 168 Å². The molecule has 0 radical (unpaired) electrons. The van der Waals surface area contributed by atoms with Crippen molar-refractivity contribution >= 4 is 17.5 Å². The average Bonchev–Trinajstić information content (AvgIpc) is 3.03. The monoisotopic (exact) mass is 396 g/mol. The molecule has 28 heavy (non-hydrogen) atoms. The number of carbonyl (C=O) groups excluding carboxylic acids is 1. The molecule has 1 aliphatic rings. The lowest BCUT2D eigenvalue weighted by molar-refractivity contribution is 0.0704. The number of hydrogen-bond donors (Lipinski definition) is 0. The maximum atomic E-state index is 12.9. The third-order valence-electron chi connectivity index (χ3n) is 5.13. The van der Waals surface area contributed by atoms with Crippen molar-refractivity contribution in [2.24, 2.45) is 7.05 Å². The number of likely N-dealkylation sites (tertiary alicyclic amines) is 1. The molecule has 1 aliphatic heterocycles. The third kappa shape index (κ3) is 3.47. The van der Waals surface area contributed by atoms with E-state index in [4.69, 9.17) is 11.6 Å². The average molecular weight is 397 g/mol. The predicted octanol–water partition coefficient (Wildman–Crippen LogP) is 3.24. The molecule has 3 aromatic rings. The van der Waals surface area contributed by atoms with Crippen molar-refractivity contribution in [3.05, 3.63) is 81.5 Å². The van der Waals surface area contributed by atoms with Gasteiger partial charge in [0.25, 0.3) is 5.91 Å². The molecule has 1 amide bonds.